The van der Waals surface area contributed by atoms with Crippen molar-refractivity contribution in [2.45, 2.75) is 51.9 Å². The van der Waals surface area contributed by atoms with E-state index in [1.165, 1.54) is 0 Å². The van der Waals surface area contributed by atoms with Crippen molar-refractivity contribution in [2.75, 3.05) is 26.7 Å². The Labute approximate surface area is 121 Å². The first-order valence-corrected chi connectivity index (χ1v) is 7.62. The van der Waals surface area contributed by atoms with Crippen molar-refractivity contribution in [1.29, 1.82) is 0 Å². The Balaban J connectivity index is 1.73. The van der Waals surface area contributed by atoms with Gasteiger partial charge in [0.1, 0.15) is 0 Å². The molecule has 2 unspecified atom stereocenters. The highest BCUT2D eigenvalue weighted by atomic mass is 16.5. The Morgan fingerprint density at radius 3 is 3.10 bits per heavy atom. The second-order valence-corrected chi connectivity index (χ2v) is 5.56. The van der Waals surface area contributed by atoms with Crippen LogP contribution in [0.4, 0.5) is 0 Å². The molecule has 20 heavy (non-hydrogen) atoms. The molecule has 1 aliphatic heterocycles. The third kappa shape index (κ3) is 4.26. The maximum atomic E-state index is 5.61. The van der Waals surface area contributed by atoms with Crippen molar-refractivity contribution in [2.24, 2.45) is 0 Å². The van der Waals surface area contributed by atoms with Crippen molar-refractivity contribution < 1.29 is 4.74 Å². The number of rotatable bonds is 8. The number of nitrogens with one attached hydrogen (secondary N) is 1. The minimum Gasteiger partial charge on any atom is -0.377 e. The van der Waals surface area contributed by atoms with Crippen LogP contribution in [0.3, 0.4) is 0 Å². The topological polar surface area (TPSA) is 55.2 Å². The molecule has 6 nitrogen and oxygen atoms in total. The number of hydrogen-bond donors (Lipinski definition) is 1. The fraction of sp³-hybridized carbons (Fsp3) is 0.857. The number of ether oxygens (including phenoxy) is 1. The van der Waals surface area contributed by atoms with E-state index in [1.54, 1.807) is 0 Å². The van der Waals surface area contributed by atoms with Crippen LogP contribution >= 0.6 is 0 Å². The summed E-state index contributed by atoms with van der Waals surface area (Å²) < 4.78 is 7.54. The Morgan fingerprint density at radius 2 is 2.40 bits per heavy atom. The highest BCUT2D eigenvalue weighted by molar-refractivity contribution is 4.91. The molecule has 0 bridgehead atoms. The summed E-state index contributed by atoms with van der Waals surface area (Å²) >= 11 is 0. The highest BCUT2D eigenvalue weighted by Gasteiger charge is 2.27. The van der Waals surface area contributed by atoms with Crippen LogP contribution in [0.2, 0.25) is 0 Å². The van der Waals surface area contributed by atoms with Gasteiger partial charge in [-0.05, 0) is 33.4 Å². The van der Waals surface area contributed by atoms with Gasteiger partial charge in [0.05, 0.1) is 18.3 Å². The summed E-state index contributed by atoms with van der Waals surface area (Å²) in [5, 5.41) is 11.7. The van der Waals surface area contributed by atoms with Crippen LogP contribution in [0.5, 0.6) is 0 Å². The Bertz CT molecular complexity index is 395. The smallest absolute Gasteiger partial charge is 0.0964 e. The minimum absolute atomic E-state index is 0.338. The first kappa shape index (κ1) is 15.4. The van der Waals surface area contributed by atoms with Crippen molar-refractivity contribution in [3.8, 4) is 0 Å². The summed E-state index contributed by atoms with van der Waals surface area (Å²) in [5.74, 6) is 0. The van der Waals surface area contributed by atoms with E-state index in [4.69, 9.17) is 4.74 Å². The molecule has 1 N–H and O–H groups in total. The zero-order chi connectivity index (χ0) is 14.4. The van der Waals surface area contributed by atoms with Gasteiger partial charge in [0, 0.05) is 31.9 Å². The maximum Gasteiger partial charge on any atom is 0.0964 e. The van der Waals surface area contributed by atoms with Gasteiger partial charge in [0.25, 0.3) is 0 Å². The molecule has 0 amide bonds. The monoisotopic (exact) mass is 281 g/mol. The van der Waals surface area contributed by atoms with Crippen LogP contribution in [0, 0.1) is 0 Å². The quantitative estimate of drug-likeness (QED) is 0.717. The van der Waals surface area contributed by atoms with E-state index >= 15 is 0 Å². The summed E-state index contributed by atoms with van der Waals surface area (Å²) in [7, 11) is 2.16. The molecule has 114 valence electrons. The van der Waals surface area contributed by atoms with Crippen molar-refractivity contribution in [3.05, 3.63) is 11.9 Å². The van der Waals surface area contributed by atoms with Crippen molar-refractivity contribution >= 4 is 0 Å². The average molecular weight is 281 g/mol. The van der Waals surface area contributed by atoms with Crippen LogP contribution in [0.15, 0.2) is 6.20 Å². The number of nitrogens with zero attached hydrogens (tertiary/aromatic N) is 4. The first-order valence-electron chi connectivity index (χ1n) is 7.62. The van der Waals surface area contributed by atoms with Crippen LogP contribution in [0.25, 0.3) is 0 Å². The molecule has 1 aromatic heterocycles. The van der Waals surface area contributed by atoms with E-state index in [9.17, 15) is 0 Å². The molecular formula is C14H27N5O. The van der Waals surface area contributed by atoms with E-state index in [-0.39, 0.29) is 0 Å². The number of likely N-dealkylation sites (N-methyl/N-ethyl adjacent to an activating group) is 1. The third-order valence-electron chi connectivity index (χ3n) is 3.90. The molecule has 1 aliphatic rings. The molecule has 2 heterocycles. The summed E-state index contributed by atoms with van der Waals surface area (Å²) in [6, 6.07) is 0.532. The summed E-state index contributed by atoms with van der Waals surface area (Å²) in [4.78, 5) is 2.37. The molecule has 0 spiro atoms. The predicted molar refractivity (Wildman–Crippen MR) is 78.5 cm³/mol. The molecule has 0 aliphatic carbocycles. The Kier molecular flexibility index (Phi) is 5.94. The Morgan fingerprint density at radius 1 is 1.55 bits per heavy atom. The van der Waals surface area contributed by atoms with E-state index in [1.807, 2.05) is 10.9 Å². The SMILES string of the molecule is CCCNCc1cn(CCN(C)C2CCOC2C)nn1. The van der Waals surface area contributed by atoms with Gasteiger partial charge in [-0.25, -0.2) is 0 Å². The van der Waals surface area contributed by atoms with Crippen molar-refractivity contribution in [3.63, 3.8) is 0 Å². The fourth-order valence-electron chi connectivity index (χ4n) is 2.65. The lowest BCUT2D eigenvalue weighted by molar-refractivity contribution is 0.0822. The first-order chi connectivity index (χ1) is 9.70. The van der Waals surface area contributed by atoms with Crippen LogP contribution < -0.4 is 5.32 Å². The van der Waals surface area contributed by atoms with Crippen LogP contribution in [-0.2, 0) is 17.8 Å². The van der Waals surface area contributed by atoms with Gasteiger partial charge in [-0.15, -0.1) is 5.10 Å². The molecular weight excluding hydrogens is 254 g/mol. The lowest BCUT2D eigenvalue weighted by Crippen LogP contribution is -2.38. The lowest BCUT2D eigenvalue weighted by atomic mass is 10.1. The highest BCUT2D eigenvalue weighted by Crippen LogP contribution is 2.17. The summed E-state index contributed by atoms with van der Waals surface area (Å²) in [5.41, 5.74) is 1.01. The number of hydrogen-bond acceptors (Lipinski definition) is 5. The standard InChI is InChI=1S/C14H27N5O/c1-4-6-15-10-13-11-19(17-16-13)8-7-18(3)14-5-9-20-12(14)2/h11-12,14-15H,4-10H2,1-3H3. The zero-order valence-electron chi connectivity index (χ0n) is 12.9. The maximum absolute atomic E-state index is 5.61. The van der Waals surface area contributed by atoms with Gasteiger partial charge in [-0.1, -0.05) is 12.1 Å². The van der Waals surface area contributed by atoms with Crippen LogP contribution in [-0.4, -0.2) is 58.8 Å². The van der Waals surface area contributed by atoms with Gasteiger partial charge in [0.15, 0.2) is 0 Å². The molecule has 1 aromatic rings. The van der Waals surface area contributed by atoms with E-state index in [0.29, 0.717) is 12.1 Å². The molecule has 1 fully saturated rings. The number of aromatic nitrogens is 3. The van der Waals surface area contributed by atoms with E-state index in [0.717, 1.165) is 51.3 Å². The molecule has 1 saturated heterocycles. The molecule has 0 aromatic carbocycles. The third-order valence-corrected chi connectivity index (χ3v) is 3.90. The molecule has 6 heteroatoms. The normalized spacial score (nSPS) is 22.8. The molecule has 0 saturated carbocycles. The van der Waals surface area contributed by atoms with Gasteiger partial charge in [-0.3, -0.25) is 9.58 Å². The van der Waals surface area contributed by atoms with E-state index < -0.39 is 0 Å². The second-order valence-electron chi connectivity index (χ2n) is 5.56. The van der Waals surface area contributed by atoms with Gasteiger partial charge < -0.3 is 10.1 Å². The van der Waals surface area contributed by atoms with E-state index in [2.05, 4.69) is 41.4 Å². The molecule has 2 rings (SSSR count). The lowest BCUT2D eigenvalue weighted by Gasteiger charge is -2.26. The largest absolute Gasteiger partial charge is 0.377 e. The van der Waals surface area contributed by atoms with Crippen LogP contribution in [0.1, 0.15) is 32.4 Å². The zero-order valence-corrected chi connectivity index (χ0v) is 12.9. The molecule has 0 radical (unpaired) electrons. The summed E-state index contributed by atoms with van der Waals surface area (Å²) in [6.45, 7) is 8.87. The summed E-state index contributed by atoms with van der Waals surface area (Å²) in [6.07, 6.45) is 4.64. The van der Waals surface area contributed by atoms with Gasteiger partial charge in [-0.2, -0.15) is 0 Å². The van der Waals surface area contributed by atoms with Gasteiger partial charge in [0.2, 0.25) is 0 Å². The average Bonchev–Trinajstić information content (AvgIpc) is 3.05. The minimum atomic E-state index is 0.338. The Hall–Kier alpha value is -0.980. The second kappa shape index (κ2) is 7.71. The predicted octanol–water partition coefficient (Wildman–Crippen LogP) is 0.887. The molecule has 2 atom stereocenters. The fourth-order valence-corrected chi connectivity index (χ4v) is 2.65. The van der Waals surface area contributed by atoms with Gasteiger partial charge >= 0.3 is 0 Å². The van der Waals surface area contributed by atoms with Crippen molar-refractivity contribution in [1.82, 2.24) is 25.2 Å².